The maximum atomic E-state index is 6.06. The first kappa shape index (κ1) is 18.9. The molecule has 0 aromatic heterocycles. The molecule has 0 radical (unpaired) electrons. The number of aryl methyl sites for hydroxylation is 1. The van der Waals surface area contributed by atoms with Gasteiger partial charge >= 0.3 is 41.9 Å². The fourth-order valence-electron chi connectivity index (χ4n) is 1.71. The molecule has 0 saturated heterocycles. The third-order valence-corrected chi connectivity index (χ3v) is 3.34. The van der Waals surface area contributed by atoms with Crippen LogP contribution in [0.5, 0.6) is 0 Å². The molecule has 3 aromatic rings. The molecule has 21 heavy (non-hydrogen) atoms. The van der Waals surface area contributed by atoms with Crippen molar-refractivity contribution >= 4 is 39.4 Å². The summed E-state index contributed by atoms with van der Waals surface area (Å²) in [5, 5.41) is 3.59. The van der Waals surface area contributed by atoms with Gasteiger partial charge in [-0.1, -0.05) is 29.6 Å². The van der Waals surface area contributed by atoms with E-state index in [1.807, 2.05) is 61.5 Å². The van der Waals surface area contributed by atoms with Crippen molar-refractivity contribution in [3.63, 3.8) is 0 Å². The second kappa shape index (κ2) is 9.79. The summed E-state index contributed by atoms with van der Waals surface area (Å²) in [6.45, 7) is 6.60. The van der Waals surface area contributed by atoms with Gasteiger partial charge in [-0.05, 0) is 5.02 Å². The molecule has 0 spiro atoms. The van der Waals surface area contributed by atoms with Crippen molar-refractivity contribution < 1.29 is 23.3 Å². The normalized spacial score (nSPS) is 9.48. The predicted molar refractivity (Wildman–Crippen MR) is 93.8 cm³/mol. The van der Waals surface area contributed by atoms with E-state index >= 15 is 0 Å². The van der Waals surface area contributed by atoms with Gasteiger partial charge in [-0.3, -0.25) is 0 Å². The molecular formula is C17H18Cl2SiZr. The second-order valence-corrected chi connectivity index (χ2v) is 15.0. The van der Waals surface area contributed by atoms with Crippen molar-refractivity contribution in [2.75, 3.05) is 0 Å². The summed E-state index contributed by atoms with van der Waals surface area (Å²) >= 11 is 13.8. The smallest absolute Gasteiger partial charge is 0.00161 e. The summed E-state index contributed by atoms with van der Waals surface area (Å²) in [4.78, 5) is 0. The Labute approximate surface area is 152 Å². The average Bonchev–Trinajstić information content (AvgIpc) is 3.03. The van der Waals surface area contributed by atoms with Crippen molar-refractivity contribution in [2.24, 2.45) is 0 Å². The summed E-state index contributed by atoms with van der Waals surface area (Å²) in [6, 6.07) is 17.8. The van der Waals surface area contributed by atoms with Crippen LogP contribution >= 0.6 is 23.2 Å². The van der Waals surface area contributed by atoms with E-state index in [1.165, 1.54) is 0 Å². The minimum atomic E-state index is 0.210. The van der Waals surface area contributed by atoms with E-state index in [1.54, 1.807) is 23.3 Å². The Morgan fingerprint density at radius 1 is 1.05 bits per heavy atom. The van der Waals surface area contributed by atoms with Gasteiger partial charge in [-0.2, -0.15) is 29.8 Å². The van der Waals surface area contributed by atoms with Crippen molar-refractivity contribution in [3.05, 3.63) is 70.2 Å². The monoisotopic (exact) mass is 410 g/mol. The summed E-state index contributed by atoms with van der Waals surface area (Å²) < 4.78 is 0. The molecule has 0 unspecified atom stereocenters. The molecular weight excluding hydrogens is 394 g/mol. The largest absolute Gasteiger partial charge is 0.214 e. The first-order valence-electron chi connectivity index (χ1n) is 6.62. The quantitative estimate of drug-likeness (QED) is 0.298. The van der Waals surface area contributed by atoms with Crippen LogP contribution in [0.1, 0.15) is 5.56 Å². The summed E-state index contributed by atoms with van der Waals surface area (Å²) in [5.74, 6) is 0. The average molecular weight is 413 g/mol. The van der Waals surface area contributed by atoms with Crippen LogP contribution in [0.15, 0.2) is 54.6 Å². The number of fused-ring (bicyclic) bond motifs is 1. The number of hydrogen-bond acceptors (Lipinski definition) is 0. The van der Waals surface area contributed by atoms with E-state index in [0.717, 1.165) is 26.4 Å². The Morgan fingerprint density at radius 2 is 1.62 bits per heavy atom. The Balaban J connectivity index is 0.000000203. The molecule has 0 N–H and O–H groups in total. The van der Waals surface area contributed by atoms with Gasteiger partial charge in [0.1, 0.15) is 0 Å². The van der Waals surface area contributed by atoms with E-state index in [4.69, 9.17) is 23.2 Å². The zero-order chi connectivity index (χ0) is 15.8. The minimum absolute atomic E-state index is 0.210. The standard InChI is InChI=1S/C10H7Cl2.C5H5.C2H6Si.Zr/c1-6-5-7-3-2-4-8(11)9(7)10(6)12;1-2-4-5-3-1;1-3-2;/h2-5H,1H3;1-5H;1-2H3;/q2*-1;;+2. The Hall–Kier alpha value is -0.140. The molecule has 3 aromatic carbocycles. The topological polar surface area (TPSA) is 0 Å². The van der Waals surface area contributed by atoms with Gasteiger partial charge < -0.3 is 0 Å². The fraction of sp³-hybridized carbons (Fsp3) is 0.176. The predicted octanol–water partition coefficient (Wildman–Crippen LogP) is 6.36. The summed E-state index contributed by atoms with van der Waals surface area (Å²) in [6.07, 6.45) is 0. The maximum Gasteiger partial charge on any atom is -0.00161 e. The van der Waals surface area contributed by atoms with Gasteiger partial charge in [-0.15, -0.1) is 34.5 Å². The summed E-state index contributed by atoms with van der Waals surface area (Å²) in [7, 11) is 0. The zero-order valence-electron chi connectivity index (χ0n) is 12.5. The molecule has 108 valence electrons. The Kier molecular flexibility index (Phi) is 8.82. The van der Waals surface area contributed by atoms with Crippen molar-refractivity contribution in [3.8, 4) is 0 Å². The number of hydrogen-bond donors (Lipinski definition) is 0. The molecule has 4 heteroatoms. The van der Waals surface area contributed by atoms with Gasteiger partial charge in [0.15, 0.2) is 0 Å². The van der Waals surface area contributed by atoms with Crippen LogP contribution in [0.3, 0.4) is 0 Å². The van der Waals surface area contributed by atoms with Gasteiger partial charge in [0.2, 0.25) is 0 Å². The fourth-order valence-corrected chi connectivity index (χ4v) is 2.30. The van der Waals surface area contributed by atoms with E-state index in [9.17, 15) is 0 Å². The molecule has 0 amide bonds. The van der Waals surface area contributed by atoms with Crippen molar-refractivity contribution in [1.29, 1.82) is 0 Å². The molecule has 3 rings (SSSR count). The molecule has 0 bridgehead atoms. The van der Waals surface area contributed by atoms with E-state index in [-0.39, 0.29) is 5.43 Å². The number of halogens is 2. The molecule has 0 atom stereocenters. The number of rotatable bonds is 0. The third-order valence-electron chi connectivity index (χ3n) is 2.54. The first-order valence-corrected chi connectivity index (χ1v) is 13.6. The van der Waals surface area contributed by atoms with Crippen LogP contribution < -0.4 is 0 Å². The first-order chi connectivity index (χ1) is 9.93. The zero-order valence-corrected chi connectivity index (χ0v) is 17.4. The van der Waals surface area contributed by atoms with Gasteiger partial charge in [0.25, 0.3) is 0 Å². The molecule has 0 nitrogen and oxygen atoms in total. The minimum Gasteiger partial charge on any atom is -0.214 e. The van der Waals surface area contributed by atoms with Gasteiger partial charge in [0.05, 0.1) is 0 Å². The van der Waals surface area contributed by atoms with Gasteiger partial charge in [0, 0.05) is 0 Å². The van der Waals surface area contributed by atoms with Crippen LogP contribution in [-0.4, -0.2) is 5.43 Å². The summed E-state index contributed by atoms with van der Waals surface area (Å²) in [5.41, 5.74) is 1.29. The second-order valence-electron chi connectivity index (χ2n) is 4.81. The van der Waals surface area contributed by atoms with Crippen molar-refractivity contribution in [1.82, 2.24) is 0 Å². The maximum absolute atomic E-state index is 6.06. The Bertz CT molecular complexity index is 663. The van der Waals surface area contributed by atoms with Gasteiger partial charge in [-0.25, -0.2) is 12.1 Å². The van der Waals surface area contributed by atoms with Crippen molar-refractivity contribution in [2.45, 2.75) is 20.0 Å². The van der Waals surface area contributed by atoms with Crippen LogP contribution in [0.2, 0.25) is 23.1 Å². The molecule has 0 aliphatic rings. The van der Waals surface area contributed by atoms with Crippen LogP contribution in [-0.2, 0) is 23.3 Å². The Morgan fingerprint density at radius 3 is 2.05 bits per heavy atom. The van der Waals surface area contributed by atoms with E-state index in [0.29, 0.717) is 0 Å². The molecule has 0 saturated carbocycles. The molecule has 0 heterocycles. The molecule has 0 aliphatic carbocycles. The number of benzene rings is 1. The van der Waals surface area contributed by atoms with Crippen LogP contribution in [0.25, 0.3) is 10.8 Å². The SMILES string of the molecule is C[Si](C)=[Zr+2].Cc1[cH-]c2cccc(Cl)c2c1Cl.c1cc[cH-]c1. The van der Waals surface area contributed by atoms with E-state index in [2.05, 4.69) is 13.1 Å². The molecule has 0 aliphatic heterocycles. The van der Waals surface area contributed by atoms with E-state index < -0.39 is 0 Å². The third kappa shape index (κ3) is 6.65. The van der Waals surface area contributed by atoms with Crippen LogP contribution in [0, 0.1) is 6.92 Å². The van der Waals surface area contributed by atoms with Crippen LogP contribution in [0.4, 0.5) is 0 Å². The molecule has 0 fully saturated rings.